The first-order chi connectivity index (χ1) is 42.1. The Kier molecular flexibility index (Phi) is 64.6. The third-order valence-corrected chi connectivity index (χ3v) is 15.9. The van der Waals surface area contributed by atoms with Crippen LogP contribution in [-0.2, 0) is 33.3 Å². The Hall–Kier alpha value is -3.53. The highest BCUT2D eigenvalue weighted by Crippen LogP contribution is 2.18. The lowest BCUT2D eigenvalue weighted by Gasteiger charge is -2.26. The maximum atomic E-state index is 12.9. The number of carbonyl (C=O) groups is 3. The van der Waals surface area contributed by atoms with Crippen molar-refractivity contribution in [1.82, 2.24) is 0 Å². The third-order valence-electron chi connectivity index (χ3n) is 15.9. The molecule has 9 heteroatoms. The van der Waals surface area contributed by atoms with Gasteiger partial charge in [0.15, 0.2) is 12.4 Å². The number of likely N-dealkylation sites (N-methyl/N-ethyl adjacent to an activating group) is 1. The van der Waals surface area contributed by atoms with E-state index in [4.69, 9.17) is 18.9 Å². The van der Waals surface area contributed by atoms with E-state index in [9.17, 15) is 19.5 Å². The predicted molar refractivity (Wildman–Crippen MR) is 366 cm³/mol. The van der Waals surface area contributed by atoms with Crippen LogP contribution >= 0.6 is 0 Å². The van der Waals surface area contributed by atoms with Gasteiger partial charge in [0.2, 0.25) is 0 Å². The van der Waals surface area contributed by atoms with Crippen molar-refractivity contribution >= 4 is 17.9 Å². The van der Waals surface area contributed by atoms with Gasteiger partial charge in [-0.3, -0.25) is 9.59 Å². The fourth-order valence-electron chi connectivity index (χ4n) is 10.4. The molecule has 498 valence electrons. The molecule has 2 atom stereocenters. The van der Waals surface area contributed by atoms with Gasteiger partial charge in [0.05, 0.1) is 40.3 Å². The second-order valence-corrected chi connectivity index (χ2v) is 25.5. The molecular formula is C77H137NO8. The Morgan fingerprint density at radius 1 is 0.360 bits per heavy atom. The van der Waals surface area contributed by atoms with Gasteiger partial charge in [-0.15, -0.1) is 0 Å². The molecule has 0 saturated heterocycles. The molecule has 0 heterocycles. The number of carboxylic acid groups (broad SMARTS) is 1. The average Bonchev–Trinajstić information content (AvgIpc) is 3.63. The molecule has 0 aliphatic rings. The SMILES string of the molecule is CC/C=C\C/C=C\C/C=C\C/C=C\C/C=C\C/C=C\C/C=C\CCCCCCCCCCCCCCCCCCCC(=O)OC(COC(=O)CCCCCCCCCCCCCCCCCCCCCCCC)COC(OCC[N+](C)(C)C)C(=O)[O-]. The number of aliphatic carboxylic acids is 1. The Labute approximate surface area is 531 Å². The zero-order valence-corrected chi connectivity index (χ0v) is 56.9. The Morgan fingerprint density at radius 3 is 0.988 bits per heavy atom. The van der Waals surface area contributed by atoms with Crippen LogP contribution in [0.2, 0.25) is 0 Å². The summed E-state index contributed by atoms with van der Waals surface area (Å²) < 4.78 is 22.8. The second kappa shape index (κ2) is 67.4. The lowest BCUT2D eigenvalue weighted by molar-refractivity contribution is -0.870. The fraction of sp³-hybridized carbons (Fsp3) is 0.779. The number of hydrogen-bond acceptors (Lipinski definition) is 8. The molecule has 0 aliphatic carbocycles. The highest BCUT2D eigenvalue weighted by atomic mass is 16.7. The fourth-order valence-corrected chi connectivity index (χ4v) is 10.4. The molecule has 0 bridgehead atoms. The number of esters is 2. The summed E-state index contributed by atoms with van der Waals surface area (Å²) in [5.41, 5.74) is 0. The van der Waals surface area contributed by atoms with E-state index in [1.807, 2.05) is 21.1 Å². The maximum absolute atomic E-state index is 12.9. The molecule has 0 N–H and O–H groups in total. The van der Waals surface area contributed by atoms with E-state index >= 15 is 0 Å². The Bertz CT molecular complexity index is 1690. The summed E-state index contributed by atoms with van der Waals surface area (Å²) in [5, 5.41) is 11.8. The molecule has 0 rings (SSSR count). The van der Waals surface area contributed by atoms with Crippen molar-refractivity contribution in [2.45, 2.75) is 341 Å². The van der Waals surface area contributed by atoms with E-state index in [2.05, 4.69) is 98.9 Å². The minimum Gasteiger partial charge on any atom is -0.545 e. The number of unbranched alkanes of at least 4 members (excludes halogenated alkanes) is 38. The van der Waals surface area contributed by atoms with Crippen LogP contribution in [0.5, 0.6) is 0 Å². The van der Waals surface area contributed by atoms with E-state index in [0.717, 1.165) is 77.0 Å². The number of ether oxygens (including phenoxy) is 4. The summed E-state index contributed by atoms with van der Waals surface area (Å²) in [7, 11) is 5.94. The van der Waals surface area contributed by atoms with Crippen molar-refractivity contribution in [1.29, 1.82) is 0 Å². The number of quaternary nitrogens is 1. The monoisotopic (exact) mass is 1200 g/mol. The van der Waals surface area contributed by atoms with Gasteiger partial charge >= 0.3 is 11.9 Å². The molecule has 0 amide bonds. The summed E-state index contributed by atoms with van der Waals surface area (Å²) in [5.74, 6) is -2.26. The smallest absolute Gasteiger partial charge is 0.306 e. The molecular weight excluding hydrogens is 1070 g/mol. The van der Waals surface area contributed by atoms with Gasteiger partial charge in [-0.2, -0.15) is 0 Å². The highest BCUT2D eigenvalue weighted by Gasteiger charge is 2.22. The Balaban J connectivity index is 4.04. The van der Waals surface area contributed by atoms with Crippen LogP contribution in [0.4, 0.5) is 0 Å². The minimum absolute atomic E-state index is 0.148. The van der Waals surface area contributed by atoms with Crippen molar-refractivity contribution in [3.63, 3.8) is 0 Å². The summed E-state index contributed by atoms with van der Waals surface area (Å²) in [6.07, 6.45) is 88.2. The van der Waals surface area contributed by atoms with Crippen LogP contribution in [0.1, 0.15) is 328 Å². The summed E-state index contributed by atoms with van der Waals surface area (Å²) >= 11 is 0. The molecule has 0 spiro atoms. The zero-order valence-electron chi connectivity index (χ0n) is 56.9. The van der Waals surface area contributed by atoms with Crippen LogP contribution in [0.25, 0.3) is 0 Å². The molecule has 0 aromatic rings. The van der Waals surface area contributed by atoms with E-state index in [-0.39, 0.29) is 32.2 Å². The average molecular weight is 1200 g/mol. The van der Waals surface area contributed by atoms with Crippen molar-refractivity contribution in [3.05, 3.63) is 85.1 Å². The first-order valence-electron chi connectivity index (χ1n) is 36.2. The van der Waals surface area contributed by atoms with Gasteiger partial charge in [0.25, 0.3) is 0 Å². The molecule has 0 radical (unpaired) electrons. The van der Waals surface area contributed by atoms with Crippen molar-refractivity contribution < 1.29 is 42.9 Å². The van der Waals surface area contributed by atoms with Crippen molar-refractivity contribution in [3.8, 4) is 0 Å². The number of allylic oxidation sites excluding steroid dienone is 14. The molecule has 86 heavy (non-hydrogen) atoms. The number of carboxylic acids is 1. The Morgan fingerprint density at radius 2 is 0.663 bits per heavy atom. The number of carbonyl (C=O) groups excluding carboxylic acids is 3. The quantitative estimate of drug-likeness (QED) is 0.0195. The first-order valence-corrected chi connectivity index (χ1v) is 36.2. The largest absolute Gasteiger partial charge is 0.545 e. The predicted octanol–water partition coefficient (Wildman–Crippen LogP) is 21.3. The third kappa shape index (κ3) is 68.0. The lowest BCUT2D eigenvalue weighted by Crippen LogP contribution is -2.44. The van der Waals surface area contributed by atoms with Gasteiger partial charge < -0.3 is 33.3 Å². The molecule has 2 unspecified atom stereocenters. The van der Waals surface area contributed by atoms with E-state index in [1.165, 1.54) is 218 Å². The lowest BCUT2D eigenvalue weighted by atomic mass is 10.0. The first kappa shape index (κ1) is 82.5. The zero-order chi connectivity index (χ0) is 62.6. The van der Waals surface area contributed by atoms with Crippen LogP contribution in [0.15, 0.2) is 85.1 Å². The number of nitrogens with zero attached hydrogens (tertiary/aromatic N) is 1. The van der Waals surface area contributed by atoms with Crippen molar-refractivity contribution in [2.75, 3.05) is 47.5 Å². The van der Waals surface area contributed by atoms with E-state index in [1.54, 1.807) is 0 Å². The molecule has 0 aromatic carbocycles. The summed E-state index contributed by atoms with van der Waals surface area (Å²) in [4.78, 5) is 37.5. The van der Waals surface area contributed by atoms with E-state index < -0.39 is 24.3 Å². The molecule has 9 nitrogen and oxygen atoms in total. The van der Waals surface area contributed by atoms with Crippen molar-refractivity contribution in [2.24, 2.45) is 0 Å². The molecule has 0 aliphatic heterocycles. The van der Waals surface area contributed by atoms with Crippen LogP contribution in [-0.4, -0.2) is 82.3 Å². The van der Waals surface area contributed by atoms with Crippen LogP contribution in [0.3, 0.4) is 0 Å². The maximum Gasteiger partial charge on any atom is 0.306 e. The normalized spacial score (nSPS) is 13.2. The summed E-state index contributed by atoms with van der Waals surface area (Å²) in [6.45, 7) is 4.68. The topological polar surface area (TPSA) is 111 Å². The standard InChI is InChI=1S/C77H137NO8/c1-6-8-10-12-14-16-18-20-22-24-26-28-30-31-32-33-34-35-36-37-38-39-40-41-42-43-44-45-46-48-50-52-54-56-58-60-62-64-66-68-75(80)86-73(72-85-77(76(81)82)83-70-69-78(3,4)5)71-84-74(79)67-65-63-61-59-57-55-53-51-49-47-29-27-25-23-21-19-17-15-13-11-9-7-2/h8,10,14,16,20,22,26,28,31-32,34-35,37-38,73,77H,6-7,9,11-13,15,17-19,21,23-25,27,29-30,33,36,39-72H2,1-5H3/b10-8-,16-14-,22-20-,28-26-,32-31-,35-34-,38-37-. The molecule has 0 fully saturated rings. The van der Waals surface area contributed by atoms with Gasteiger partial charge in [0, 0.05) is 12.8 Å². The highest BCUT2D eigenvalue weighted by molar-refractivity contribution is 5.70. The molecule has 0 saturated carbocycles. The van der Waals surface area contributed by atoms with Gasteiger partial charge in [-0.25, -0.2) is 0 Å². The second-order valence-electron chi connectivity index (χ2n) is 25.5. The van der Waals surface area contributed by atoms with Crippen LogP contribution < -0.4 is 5.11 Å². The van der Waals surface area contributed by atoms with E-state index in [0.29, 0.717) is 23.9 Å². The van der Waals surface area contributed by atoms with Gasteiger partial charge in [0.1, 0.15) is 13.2 Å². The summed E-state index contributed by atoms with van der Waals surface area (Å²) in [6, 6.07) is 0. The molecule has 0 aromatic heterocycles. The minimum atomic E-state index is -1.62. The number of rotatable bonds is 67. The van der Waals surface area contributed by atoms with Crippen LogP contribution in [0, 0.1) is 0 Å². The van der Waals surface area contributed by atoms with Gasteiger partial charge in [-0.05, 0) is 70.6 Å². The van der Waals surface area contributed by atoms with Gasteiger partial charge in [-0.1, -0.05) is 330 Å². The number of hydrogen-bond donors (Lipinski definition) is 0.